The molecule has 8 nitrogen and oxygen atoms in total. The van der Waals surface area contributed by atoms with Gasteiger partial charge in [-0.15, -0.1) is 0 Å². The van der Waals surface area contributed by atoms with Crippen LogP contribution in [0.1, 0.15) is 63.4 Å². The molecule has 2 aromatic rings. The van der Waals surface area contributed by atoms with Gasteiger partial charge in [-0.3, -0.25) is 14.4 Å². The summed E-state index contributed by atoms with van der Waals surface area (Å²) in [7, 11) is -3.88. The minimum absolute atomic E-state index is 0.0485. The fourth-order valence-corrected chi connectivity index (χ4v) is 6.97. The molecule has 2 amide bonds. The lowest BCUT2D eigenvalue weighted by molar-refractivity contribution is -0.138. The number of rotatable bonds is 7. The number of carbonyl (C=O) groups excluding carboxylic acids is 3. The zero-order chi connectivity index (χ0) is 27.8. The minimum Gasteiger partial charge on any atom is -0.340 e. The molecule has 2 fully saturated rings. The molecule has 2 aliphatic rings. The average molecular weight is 540 g/mol. The van der Waals surface area contributed by atoms with Crippen molar-refractivity contribution in [2.45, 2.75) is 75.9 Å². The second kappa shape index (κ2) is 10.6. The topological polar surface area (TPSA) is 104 Å². The monoisotopic (exact) mass is 539 g/mol. The van der Waals surface area contributed by atoms with Crippen LogP contribution in [0.3, 0.4) is 0 Å². The standard InChI is InChI=1S/C29H37N3O5S/c1-19(2)17-23(30-27(34)20-11-13-21(14-12-20)29(3,4)5)28(35)31-16-15-24-26(31)25(33)18-32(24)38(36,37)22-9-7-6-8-10-22/h6-14,19,23-24,26H,15-18H2,1-5H3,(H,30,34)/t23-,24?,26?/m0/s1. The smallest absolute Gasteiger partial charge is 0.251 e. The third-order valence-electron chi connectivity index (χ3n) is 7.33. The maximum Gasteiger partial charge on any atom is 0.251 e. The highest BCUT2D eigenvalue weighted by Crippen LogP contribution is 2.34. The fraction of sp³-hybridized carbons (Fsp3) is 0.483. The predicted molar refractivity (Wildman–Crippen MR) is 145 cm³/mol. The summed E-state index contributed by atoms with van der Waals surface area (Å²) in [6, 6.07) is 13.1. The molecule has 204 valence electrons. The van der Waals surface area contributed by atoms with Gasteiger partial charge >= 0.3 is 0 Å². The van der Waals surface area contributed by atoms with Gasteiger partial charge in [-0.25, -0.2) is 8.42 Å². The fourth-order valence-electron chi connectivity index (χ4n) is 5.32. The van der Waals surface area contributed by atoms with Crippen LogP contribution in [0.2, 0.25) is 0 Å². The van der Waals surface area contributed by atoms with Gasteiger partial charge in [-0.1, -0.05) is 65.0 Å². The molecule has 4 rings (SSSR count). The second-order valence-electron chi connectivity index (χ2n) is 11.6. The molecule has 38 heavy (non-hydrogen) atoms. The normalized spacial score (nSPS) is 21.0. The molecular formula is C29H37N3O5S. The van der Waals surface area contributed by atoms with Crippen molar-refractivity contribution in [2.24, 2.45) is 5.92 Å². The highest BCUT2D eigenvalue weighted by Gasteiger charge is 2.54. The Morgan fingerprint density at radius 2 is 1.66 bits per heavy atom. The van der Waals surface area contributed by atoms with E-state index in [1.807, 2.05) is 26.0 Å². The summed E-state index contributed by atoms with van der Waals surface area (Å²) in [6.07, 6.45) is 0.767. The number of likely N-dealkylation sites (tertiary alicyclic amines) is 1. The molecule has 0 aliphatic carbocycles. The molecule has 2 aliphatic heterocycles. The summed E-state index contributed by atoms with van der Waals surface area (Å²) in [4.78, 5) is 41.5. The summed E-state index contributed by atoms with van der Waals surface area (Å²) in [6.45, 7) is 10.2. The SMILES string of the molecule is CC(C)C[C@H](NC(=O)c1ccc(C(C)(C)C)cc1)C(=O)N1CCC2C1C(=O)CN2S(=O)(=O)c1ccccc1. The lowest BCUT2D eigenvalue weighted by Gasteiger charge is -2.29. The number of fused-ring (bicyclic) bond motifs is 1. The van der Waals surface area contributed by atoms with Gasteiger partial charge in [0.1, 0.15) is 12.1 Å². The molecule has 0 aromatic heterocycles. The first kappa shape index (κ1) is 28.0. The Bertz CT molecular complexity index is 1300. The molecule has 2 saturated heterocycles. The number of ketones is 1. The summed E-state index contributed by atoms with van der Waals surface area (Å²) in [5.41, 5.74) is 1.50. The van der Waals surface area contributed by atoms with E-state index in [2.05, 4.69) is 26.1 Å². The van der Waals surface area contributed by atoms with Crippen LogP contribution in [-0.4, -0.2) is 66.4 Å². The number of nitrogens with one attached hydrogen (secondary N) is 1. The van der Waals surface area contributed by atoms with Crippen molar-refractivity contribution in [1.29, 1.82) is 0 Å². The highest BCUT2D eigenvalue weighted by molar-refractivity contribution is 7.89. The first-order valence-corrected chi connectivity index (χ1v) is 14.6. The Morgan fingerprint density at radius 3 is 2.24 bits per heavy atom. The summed E-state index contributed by atoms with van der Waals surface area (Å²) in [5, 5.41) is 2.89. The third kappa shape index (κ3) is 5.54. The van der Waals surface area contributed by atoms with Crippen LogP contribution in [-0.2, 0) is 25.0 Å². The van der Waals surface area contributed by atoms with E-state index in [0.29, 0.717) is 18.4 Å². The van der Waals surface area contributed by atoms with Crippen molar-refractivity contribution in [1.82, 2.24) is 14.5 Å². The average Bonchev–Trinajstić information content (AvgIpc) is 3.44. The van der Waals surface area contributed by atoms with Crippen LogP contribution < -0.4 is 5.32 Å². The molecule has 0 radical (unpaired) electrons. The summed E-state index contributed by atoms with van der Waals surface area (Å²) in [5.74, 6) is -0.891. The summed E-state index contributed by atoms with van der Waals surface area (Å²) < 4.78 is 27.8. The first-order chi connectivity index (χ1) is 17.8. The molecule has 0 spiro atoms. The Balaban J connectivity index is 1.53. The number of hydrogen-bond acceptors (Lipinski definition) is 5. The number of hydrogen-bond donors (Lipinski definition) is 1. The molecule has 0 bridgehead atoms. The van der Waals surface area contributed by atoms with Crippen molar-refractivity contribution in [2.75, 3.05) is 13.1 Å². The van der Waals surface area contributed by atoms with E-state index >= 15 is 0 Å². The van der Waals surface area contributed by atoms with Gasteiger partial charge < -0.3 is 10.2 Å². The maximum absolute atomic E-state index is 13.7. The Labute approximate surface area is 225 Å². The van der Waals surface area contributed by atoms with E-state index in [1.54, 1.807) is 30.3 Å². The van der Waals surface area contributed by atoms with Gasteiger partial charge in [0.25, 0.3) is 5.91 Å². The van der Waals surface area contributed by atoms with Gasteiger partial charge in [-0.2, -0.15) is 4.31 Å². The van der Waals surface area contributed by atoms with E-state index in [0.717, 1.165) is 5.56 Å². The molecule has 2 heterocycles. The third-order valence-corrected chi connectivity index (χ3v) is 9.22. The lowest BCUT2D eigenvalue weighted by Crippen LogP contribution is -2.53. The molecule has 2 unspecified atom stereocenters. The number of carbonyl (C=O) groups is 3. The largest absolute Gasteiger partial charge is 0.340 e. The van der Waals surface area contributed by atoms with Gasteiger partial charge in [0, 0.05) is 12.1 Å². The van der Waals surface area contributed by atoms with Gasteiger partial charge in [0.05, 0.1) is 17.5 Å². The van der Waals surface area contributed by atoms with Gasteiger partial charge in [-0.05, 0) is 54.0 Å². The van der Waals surface area contributed by atoms with Crippen LogP contribution in [0, 0.1) is 5.92 Å². The van der Waals surface area contributed by atoms with Gasteiger partial charge in [0.15, 0.2) is 5.78 Å². The van der Waals surface area contributed by atoms with Crippen LogP contribution in [0.25, 0.3) is 0 Å². The number of amides is 2. The van der Waals surface area contributed by atoms with E-state index in [-0.39, 0.29) is 46.9 Å². The number of nitrogens with zero attached hydrogens (tertiary/aromatic N) is 2. The van der Waals surface area contributed by atoms with Crippen molar-refractivity contribution in [3.63, 3.8) is 0 Å². The van der Waals surface area contributed by atoms with Crippen molar-refractivity contribution in [3.8, 4) is 0 Å². The van der Waals surface area contributed by atoms with Crippen molar-refractivity contribution in [3.05, 3.63) is 65.7 Å². The minimum atomic E-state index is -3.88. The van der Waals surface area contributed by atoms with Crippen molar-refractivity contribution >= 4 is 27.6 Å². The second-order valence-corrected chi connectivity index (χ2v) is 13.5. The zero-order valence-electron chi connectivity index (χ0n) is 22.7. The molecule has 1 N–H and O–H groups in total. The maximum atomic E-state index is 13.7. The Kier molecular flexibility index (Phi) is 7.81. The first-order valence-electron chi connectivity index (χ1n) is 13.1. The van der Waals surface area contributed by atoms with Crippen LogP contribution >= 0.6 is 0 Å². The molecule has 0 saturated carbocycles. The van der Waals surface area contributed by atoms with E-state index in [4.69, 9.17) is 0 Å². The van der Waals surface area contributed by atoms with Gasteiger partial charge in [0.2, 0.25) is 15.9 Å². The Hall–Kier alpha value is -3.04. The van der Waals surface area contributed by atoms with Crippen LogP contribution in [0.5, 0.6) is 0 Å². The van der Waals surface area contributed by atoms with E-state index in [1.165, 1.54) is 21.3 Å². The lowest BCUT2D eigenvalue weighted by atomic mass is 9.86. The molecular weight excluding hydrogens is 502 g/mol. The predicted octanol–water partition coefficient (Wildman–Crippen LogP) is 3.37. The quantitative estimate of drug-likeness (QED) is 0.581. The van der Waals surface area contributed by atoms with Crippen LogP contribution in [0.4, 0.5) is 0 Å². The van der Waals surface area contributed by atoms with Crippen molar-refractivity contribution < 1.29 is 22.8 Å². The molecule has 3 atom stereocenters. The van der Waals surface area contributed by atoms with E-state index in [9.17, 15) is 22.8 Å². The number of sulfonamides is 1. The van der Waals surface area contributed by atoms with Crippen LogP contribution in [0.15, 0.2) is 59.5 Å². The highest BCUT2D eigenvalue weighted by atomic mass is 32.2. The van der Waals surface area contributed by atoms with E-state index < -0.39 is 28.1 Å². The summed E-state index contributed by atoms with van der Waals surface area (Å²) >= 11 is 0. The number of Topliss-reactive ketones (excluding diaryl/α,β-unsaturated/α-hetero) is 1. The Morgan fingerprint density at radius 1 is 1.03 bits per heavy atom. The molecule has 9 heteroatoms. The number of benzene rings is 2. The zero-order valence-corrected chi connectivity index (χ0v) is 23.5. The molecule has 2 aromatic carbocycles.